The minimum atomic E-state index is -0.141. The van der Waals surface area contributed by atoms with Crippen LogP contribution in [-0.4, -0.2) is 35.4 Å². The van der Waals surface area contributed by atoms with E-state index in [1.54, 1.807) is 7.11 Å². The topological polar surface area (TPSA) is 75.8 Å². The number of thiocarbonyl (C=S) groups is 1. The second-order valence-electron chi connectivity index (χ2n) is 7.71. The van der Waals surface area contributed by atoms with Crippen LogP contribution < -0.4 is 25.1 Å². The van der Waals surface area contributed by atoms with E-state index in [-0.39, 0.29) is 12.4 Å². The van der Waals surface area contributed by atoms with Gasteiger partial charge in [-0.15, -0.1) is 0 Å². The lowest BCUT2D eigenvalue weighted by Gasteiger charge is -2.26. The van der Waals surface area contributed by atoms with Crippen molar-refractivity contribution in [3.8, 4) is 17.2 Å². The number of benzene rings is 2. The van der Waals surface area contributed by atoms with Gasteiger partial charge in [0, 0.05) is 24.7 Å². The summed E-state index contributed by atoms with van der Waals surface area (Å²) in [6.07, 6.45) is 2.10. The molecule has 168 valence electrons. The molecule has 1 aromatic heterocycles. The largest absolute Gasteiger partial charge is 0.497 e. The van der Waals surface area contributed by atoms with Crippen LogP contribution in [-0.2, 0) is 13.1 Å². The fraction of sp³-hybridized carbons (Fsp3) is 0.333. The zero-order valence-corrected chi connectivity index (χ0v) is 19.1. The van der Waals surface area contributed by atoms with Crippen molar-refractivity contribution in [3.05, 3.63) is 63.9 Å². The molecule has 1 aliphatic heterocycles. The Bertz CT molecular complexity index is 1180. The molecule has 0 amide bonds. The summed E-state index contributed by atoms with van der Waals surface area (Å²) in [5.74, 6) is 2.17. The number of nitrogens with one attached hydrogen (secondary N) is 2. The SMILES string of the molecule is CCCCNC(=S)N(Cc1ccc2c(c1)OCO2)Cc1cc2ccc(OC)cc2[nH]c1=O. The molecule has 0 fully saturated rings. The van der Waals surface area contributed by atoms with Gasteiger partial charge >= 0.3 is 0 Å². The van der Waals surface area contributed by atoms with E-state index in [1.165, 1.54) is 0 Å². The lowest BCUT2D eigenvalue weighted by molar-refractivity contribution is 0.174. The van der Waals surface area contributed by atoms with Gasteiger partial charge in [0.25, 0.3) is 5.56 Å². The lowest BCUT2D eigenvalue weighted by Crippen LogP contribution is -2.40. The highest BCUT2D eigenvalue weighted by Crippen LogP contribution is 2.33. The van der Waals surface area contributed by atoms with E-state index >= 15 is 0 Å². The summed E-state index contributed by atoms with van der Waals surface area (Å²) < 4.78 is 16.2. The molecule has 0 radical (unpaired) electrons. The highest BCUT2D eigenvalue weighted by molar-refractivity contribution is 7.80. The Kier molecular flexibility index (Phi) is 6.80. The Morgan fingerprint density at radius 2 is 2.00 bits per heavy atom. The maximum atomic E-state index is 12.8. The molecular weight excluding hydrogens is 426 g/mol. The van der Waals surface area contributed by atoms with Crippen molar-refractivity contribution in [1.82, 2.24) is 15.2 Å². The van der Waals surface area contributed by atoms with Gasteiger partial charge in [0.2, 0.25) is 6.79 Å². The molecule has 2 aromatic carbocycles. The van der Waals surface area contributed by atoms with Gasteiger partial charge in [-0.05, 0) is 59.9 Å². The third-order valence-electron chi connectivity index (χ3n) is 5.40. The van der Waals surface area contributed by atoms with Crippen molar-refractivity contribution in [3.63, 3.8) is 0 Å². The number of pyridine rings is 1. The van der Waals surface area contributed by atoms with Crippen molar-refractivity contribution in [2.75, 3.05) is 20.4 Å². The van der Waals surface area contributed by atoms with E-state index in [1.807, 2.05) is 47.4 Å². The van der Waals surface area contributed by atoms with Crippen molar-refractivity contribution in [2.24, 2.45) is 0 Å². The molecular formula is C24H27N3O4S. The van der Waals surface area contributed by atoms with E-state index in [4.69, 9.17) is 26.4 Å². The third-order valence-corrected chi connectivity index (χ3v) is 5.80. The second-order valence-corrected chi connectivity index (χ2v) is 8.09. The van der Waals surface area contributed by atoms with Crippen LogP contribution in [0.3, 0.4) is 0 Å². The number of unbranched alkanes of at least 4 members (excludes halogenated alkanes) is 1. The average molecular weight is 454 g/mol. The summed E-state index contributed by atoms with van der Waals surface area (Å²) in [7, 11) is 1.61. The minimum Gasteiger partial charge on any atom is -0.497 e. The third kappa shape index (κ3) is 4.96. The fourth-order valence-corrected chi connectivity index (χ4v) is 3.85. The van der Waals surface area contributed by atoms with Gasteiger partial charge < -0.3 is 29.4 Å². The summed E-state index contributed by atoms with van der Waals surface area (Å²) in [5, 5.41) is 4.88. The van der Waals surface area contributed by atoms with Crippen LogP contribution in [0.1, 0.15) is 30.9 Å². The van der Waals surface area contributed by atoms with Crippen LogP contribution in [0.15, 0.2) is 47.3 Å². The van der Waals surface area contributed by atoms with Crippen molar-refractivity contribution >= 4 is 28.2 Å². The first-order valence-electron chi connectivity index (χ1n) is 10.7. The van der Waals surface area contributed by atoms with Crippen LogP contribution in [0.5, 0.6) is 17.2 Å². The molecule has 4 rings (SSSR count). The van der Waals surface area contributed by atoms with Crippen LogP contribution in [0.25, 0.3) is 10.9 Å². The molecule has 0 saturated heterocycles. The second kappa shape index (κ2) is 9.91. The molecule has 0 aliphatic carbocycles. The van der Waals surface area contributed by atoms with E-state index in [2.05, 4.69) is 17.2 Å². The molecule has 2 N–H and O–H groups in total. The first-order valence-corrected chi connectivity index (χ1v) is 11.1. The number of hydrogen-bond donors (Lipinski definition) is 2. The van der Waals surface area contributed by atoms with Crippen molar-refractivity contribution in [2.45, 2.75) is 32.9 Å². The number of aromatic amines is 1. The Labute approximate surface area is 192 Å². The zero-order chi connectivity index (χ0) is 22.5. The van der Waals surface area contributed by atoms with Gasteiger partial charge in [0.05, 0.1) is 19.2 Å². The Morgan fingerprint density at radius 3 is 2.81 bits per heavy atom. The monoisotopic (exact) mass is 453 g/mol. The van der Waals surface area contributed by atoms with Gasteiger partial charge in [0.1, 0.15) is 5.75 Å². The van der Waals surface area contributed by atoms with Gasteiger partial charge in [-0.25, -0.2) is 0 Å². The lowest BCUT2D eigenvalue weighted by atomic mass is 10.1. The molecule has 1 aliphatic rings. The van der Waals surface area contributed by atoms with E-state index in [9.17, 15) is 4.79 Å². The molecule has 0 atom stereocenters. The smallest absolute Gasteiger partial charge is 0.253 e. The fourth-order valence-electron chi connectivity index (χ4n) is 3.62. The first kappa shape index (κ1) is 22.0. The normalized spacial score (nSPS) is 12.1. The van der Waals surface area contributed by atoms with Crippen LogP contribution in [0, 0.1) is 0 Å². The maximum Gasteiger partial charge on any atom is 0.253 e. The predicted octanol–water partition coefficient (Wildman–Crippen LogP) is 3.94. The van der Waals surface area contributed by atoms with E-state index in [0.29, 0.717) is 29.5 Å². The van der Waals surface area contributed by atoms with Gasteiger partial charge in [-0.2, -0.15) is 0 Å². The molecule has 0 spiro atoms. The standard InChI is InChI=1S/C24H27N3O4S/c1-3-4-9-25-24(32)27(13-16-5-8-21-22(10-16)31-15-30-21)14-18-11-17-6-7-19(29-2)12-20(17)26-23(18)28/h5-8,10-12H,3-4,9,13-15H2,1-2H3,(H,25,32)(H,26,28). The molecule has 8 heteroatoms. The first-order chi connectivity index (χ1) is 15.6. The van der Waals surface area contributed by atoms with Crippen LogP contribution >= 0.6 is 12.2 Å². The predicted molar refractivity (Wildman–Crippen MR) is 128 cm³/mol. The zero-order valence-electron chi connectivity index (χ0n) is 18.3. The Morgan fingerprint density at radius 1 is 1.16 bits per heavy atom. The minimum absolute atomic E-state index is 0.141. The Balaban J connectivity index is 1.60. The highest BCUT2D eigenvalue weighted by Gasteiger charge is 2.17. The molecule has 7 nitrogen and oxygen atoms in total. The van der Waals surface area contributed by atoms with E-state index < -0.39 is 0 Å². The van der Waals surface area contributed by atoms with Crippen LogP contribution in [0.2, 0.25) is 0 Å². The number of fused-ring (bicyclic) bond motifs is 2. The number of ether oxygens (including phenoxy) is 3. The Hall–Kier alpha value is -3.26. The molecule has 0 unspecified atom stereocenters. The summed E-state index contributed by atoms with van der Waals surface area (Å²) in [6.45, 7) is 4.08. The van der Waals surface area contributed by atoms with E-state index in [0.717, 1.165) is 47.4 Å². The number of aromatic nitrogens is 1. The van der Waals surface area contributed by atoms with Gasteiger partial charge in [-0.1, -0.05) is 19.4 Å². The van der Waals surface area contributed by atoms with Gasteiger partial charge in [-0.3, -0.25) is 4.79 Å². The maximum absolute atomic E-state index is 12.8. The quantitative estimate of drug-likeness (QED) is 0.395. The number of methoxy groups -OCH3 is 1. The van der Waals surface area contributed by atoms with Crippen molar-refractivity contribution < 1.29 is 14.2 Å². The molecule has 32 heavy (non-hydrogen) atoms. The number of H-pyrrole nitrogens is 1. The van der Waals surface area contributed by atoms with Crippen molar-refractivity contribution in [1.29, 1.82) is 0 Å². The molecule has 3 aromatic rings. The number of rotatable bonds is 8. The average Bonchev–Trinajstić information content (AvgIpc) is 3.26. The highest BCUT2D eigenvalue weighted by atomic mass is 32.1. The van der Waals surface area contributed by atoms with Gasteiger partial charge in [0.15, 0.2) is 16.6 Å². The number of nitrogens with zero attached hydrogens (tertiary/aromatic N) is 1. The molecule has 2 heterocycles. The van der Waals surface area contributed by atoms with Crippen LogP contribution in [0.4, 0.5) is 0 Å². The summed E-state index contributed by atoms with van der Waals surface area (Å²) >= 11 is 5.69. The molecule has 0 bridgehead atoms. The number of hydrogen-bond acceptors (Lipinski definition) is 5. The summed E-state index contributed by atoms with van der Waals surface area (Å²) in [4.78, 5) is 17.8. The summed E-state index contributed by atoms with van der Waals surface area (Å²) in [6, 6.07) is 13.4. The molecule has 0 saturated carbocycles. The summed E-state index contributed by atoms with van der Waals surface area (Å²) in [5.41, 5.74) is 2.26.